The van der Waals surface area contributed by atoms with Gasteiger partial charge in [-0.25, -0.2) is 0 Å². The summed E-state index contributed by atoms with van der Waals surface area (Å²) in [7, 11) is 0. The molecule has 2 nitrogen and oxygen atoms in total. The van der Waals surface area contributed by atoms with Gasteiger partial charge in [-0.2, -0.15) is 0 Å². The van der Waals surface area contributed by atoms with Crippen LogP contribution in [0, 0.1) is 0 Å². The second-order valence-corrected chi connectivity index (χ2v) is 31.7. The molecule has 2 heteroatoms. The van der Waals surface area contributed by atoms with Crippen LogP contribution < -0.4 is 0 Å². The normalized spacial score (nSPS) is 12.2. The molecule has 0 aromatic rings. The third kappa shape index (κ3) is 87.9. The Morgan fingerprint density at radius 1 is 0.130 bits per heavy atom. The number of unbranched alkanes of at least 4 members (excludes halogenated alkanes) is 83. The van der Waals surface area contributed by atoms with Crippen LogP contribution in [0.3, 0.4) is 0 Å². The van der Waals surface area contributed by atoms with Gasteiger partial charge in [0, 0.05) is 6.61 Å². The lowest BCUT2D eigenvalue weighted by Crippen LogP contribution is -2.05. The second-order valence-electron chi connectivity index (χ2n) is 31.7. The first-order chi connectivity index (χ1) is 45.8. The summed E-state index contributed by atoms with van der Waals surface area (Å²) in [4.78, 5) is 0. The van der Waals surface area contributed by atoms with Crippen LogP contribution in [0.25, 0.3) is 0 Å². The molecule has 0 aromatic carbocycles. The summed E-state index contributed by atoms with van der Waals surface area (Å²) in [5.41, 5.74) is 0. The number of aliphatic hydroxyl groups excluding tert-OH is 2. The fourth-order valence-electron chi connectivity index (χ4n) is 15.4. The summed E-state index contributed by atoms with van der Waals surface area (Å²) in [6, 6.07) is 0. The molecule has 0 rings (SSSR count). The van der Waals surface area contributed by atoms with E-state index in [0.717, 1.165) is 19.3 Å². The molecule has 0 aliphatic rings. The van der Waals surface area contributed by atoms with Crippen LogP contribution in [0.2, 0.25) is 0 Å². The second kappa shape index (κ2) is 88.9. The van der Waals surface area contributed by atoms with Gasteiger partial charge in [-0.3, -0.25) is 0 Å². The Kier molecular flexibility index (Phi) is 88.9. The minimum absolute atomic E-state index is 0.0450. The van der Waals surface area contributed by atoms with Crippen LogP contribution >= 0.6 is 0 Å². The zero-order valence-corrected chi connectivity index (χ0v) is 64.7. The zero-order valence-electron chi connectivity index (χ0n) is 64.7. The molecule has 0 aromatic heterocycles. The maximum Gasteiger partial charge on any atom is 0.0540 e. The average Bonchev–Trinajstić information content (AvgIpc) is 3.57. The molecule has 0 radical (unpaired) electrons. The van der Waals surface area contributed by atoms with Gasteiger partial charge in [-0.1, -0.05) is 546 Å². The predicted molar refractivity (Wildman–Crippen MR) is 420 cm³/mol. The van der Waals surface area contributed by atoms with E-state index in [-0.39, 0.29) is 6.10 Å². The molecular formula is C90H182O2. The molecule has 2 N–H and O–H groups in total. The van der Waals surface area contributed by atoms with Crippen LogP contribution in [0.4, 0.5) is 0 Å². The SMILES string of the molecule is CCCCCCCCCCCCCCCCCCCCCCCCCCCCCCCCCCCCCCCCCCCCCCCCCCCCCCCCCCCC(O)CCCCCCCCCCCCCCCCCCCCCCCCCCCCCCO. The van der Waals surface area contributed by atoms with E-state index >= 15 is 0 Å². The third-order valence-electron chi connectivity index (χ3n) is 22.1. The van der Waals surface area contributed by atoms with Crippen molar-refractivity contribution in [3.05, 3.63) is 0 Å². The topological polar surface area (TPSA) is 40.5 Å². The predicted octanol–water partition coefficient (Wildman–Crippen LogP) is 33.3. The van der Waals surface area contributed by atoms with Crippen LogP contribution in [0.5, 0.6) is 0 Å². The molecule has 0 spiro atoms. The van der Waals surface area contributed by atoms with Crippen molar-refractivity contribution >= 4 is 0 Å². The number of hydrogen-bond acceptors (Lipinski definition) is 2. The Morgan fingerprint density at radius 3 is 0.315 bits per heavy atom. The van der Waals surface area contributed by atoms with E-state index in [2.05, 4.69) is 6.92 Å². The van der Waals surface area contributed by atoms with Gasteiger partial charge in [0.05, 0.1) is 6.10 Å². The standard InChI is InChI=1S/C90H182O2/c1-2-3-4-5-6-7-8-9-10-11-12-13-14-15-16-17-18-19-20-21-22-23-24-25-26-27-28-29-30-31-32-33-34-35-36-37-38-39-40-41-42-43-44-45-48-51-54-57-60-63-66-69-72-75-78-81-84-87-90(92)88-85-82-79-76-73-70-67-64-61-58-55-52-49-46-47-50-53-56-59-62-65-68-71-74-77-80-83-86-89-91/h90-92H,2-89H2,1H3. The largest absolute Gasteiger partial charge is 0.396 e. The Balaban J connectivity index is 3.13. The van der Waals surface area contributed by atoms with Crippen molar-refractivity contribution in [3.63, 3.8) is 0 Å². The van der Waals surface area contributed by atoms with Crippen molar-refractivity contribution in [1.82, 2.24) is 0 Å². The minimum Gasteiger partial charge on any atom is -0.396 e. The van der Waals surface area contributed by atoms with Crippen molar-refractivity contribution in [2.45, 2.75) is 572 Å². The Labute approximate surface area is 585 Å². The Hall–Kier alpha value is -0.0800. The van der Waals surface area contributed by atoms with E-state index in [1.807, 2.05) is 0 Å². The summed E-state index contributed by atoms with van der Waals surface area (Å²) in [6.07, 6.45) is 125. The molecule has 0 saturated heterocycles. The van der Waals surface area contributed by atoms with Crippen LogP contribution in [0.15, 0.2) is 0 Å². The first-order valence-corrected chi connectivity index (χ1v) is 45.1. The van der Waals surface area contributed by atoms with Gasteiger partial charge in [-0.15, -0.1) is 0 Å². The summed E-state index contributed by atoms with van der Waals surface area (Å²) in [5.74, 6) is 0. The van der Waals surface area contributed by atoms with Crippen molar-refractivity contribution in [2.75, 3.05) is 6.61 Å². The fraction of sp³-hybridized carbons (Fsp3) is 1.00. The smallest absolute Gasteiger partial charge is 0.0540 e. The van der Waals surface area contributed by atoms with E-state index in [9.17, 15) is 5.11 Å². The maximum atomic E-state index is 10.5. The molecule has 0 bridgehead atoms. The van der Waals surface area contributed by atoms with Gasteiger partial charge in [0.1, 0.15) is 0 Å². The molecule has 0 heterocycles. The summed E-state index contributed by atoms with van der Waals surface area (Å²) < 4.78 is 0. The van der Waals surface area contributed by atoms with Crippen LogP contribution in [-0.2, 0) is 0 Å². The van der Waals surface area contributed by atoms with Gasteiger partial charge < -0.3 is 10.2 Å². The average molecular weight is 1300 g/mol. The van der Waals surface area contributed by atoms with Crippen molar-refractivity contribution in [3.8, 4) is 0 Å². The summed E-state index contributed by atoms with van der Waals surface area (Å²) >= 11 is 0. The lowest BCUT2D eigenvalue weighted by atomic mass is 10.0. The molecule has 92 heavy (non-hydrogen) atoms. The molecular weight excluding hydrogens is 1110 g/mol. The van der Waals surface area contributed by atoms with Gasteiger partial charge >= 0.3 is 0 Å². The minimum atomic E-state index is -0.0450. The first kappa shape index (κ1) is 91.9. The fourth-order valence-corrected chi connectivity index (χ4v) is 15.4. The lowest BCUT2D eigenvalue weighted by Gasteiger charge is -2.10. The highest BCUT2D eigenvalue weighted by Crippen LogP contribution is 2.23. The van der Waals surface area contributed by atoms with Crippen molar-refractivity contribution < 1.29 is 10.2 Å². The zero-order chi connectivity index (χ0) is 65.8. The maximum absolute atomic E-state index is 10.5. The summed E-state index contributed by atoms with van der Waals surface area (Å²) in [6.45, 7) is 2.69. The lowest BCUT2D eigenvalue weighted by molar-refractivity contribution is 0.147. The number of aliphatic hydroxyl groups is 2. The molecule has 0 aliphatic carbocycles. The number of rotatable bonds is 88. The molecule has 0 amide bonds. The molecule has 1 atom stereocenters. The van der Waals surface area contributed by atoms with E-state index in [1.165, 1.54) is 539 Å². The van der Waals surface area contributed by atoms with Crippen LogP contribution in [0.1, 0.15) is 566 Å². The van der Waals surface area contributed by atoms with E-state index < -0.39 is 0 Å². The summed E-state index contributed by atoms with van der Waals surface area (Å²) in [5, 5.41) is 19.4. The van der Waals surface area contributed by atoms with Crippen LogP contribution in [-0.4, -0.2) is 22.9 Å². The Bertz CT molecular complexity index is 1200. The first-order valence-electron chi connectivity index (χ1n) is 45.1. The number of hydrogen-bond donors (Lipinski definition) is 2. The quantitative estimate of drug-likeness (QED) is 0.0596. The molecule has 554 valence electrons. The van der Waals surface area contributed by atoms with Crippen molar-refractivity contribution in [1.29, 1.82) is 0 Å². The van der Waals surface area contributed by atoms with E-state index in [0.29, 0.717) is 6.61 Å². The van der Waals surface area contributed by atoms with Crippen molar-refractivity contribution in [2.24, 2.45) is 0 Å². The highest BCUT2D eigenvalue weighted by Gasteiger charge is 2.06. The highest BCUT2D eigenvalue weighted by atomic mass is 16.3. The van der Waals surface area contributed by atoms with Gasteiger partial charge in [-0.05, 0) is 19.3 Å². The molecule has 0 saturated carbocycles. The Morgan fingerprint density at radius 2 is 0.217 bits per heavy atom. The van der Waals surface area contributed by atoms with E-state index in [4.69, 9.17) is 5.11 Å². The van der Waals surface area contributed by atoms with Gasteiger partial charge in [0.15, 0.2) is 0 Å². The molecule has 0 fully saturated rings. The molecule has 0 aliphatic heterocycles. The van der Waals surface area contributed by atoms with Gasteiger partial charge in [0.25, 0.3) is 0 Å². The highest BCUT2D eigenvalue weighted by molar-refractivity contribution is 4.61. The molecule has 1 unspecified atom stereocenters. The monoisotopic (exact) mass is 1300 g/mol. The van der Waals surface area contributed by atoms with Gasteiger partial charge in [0.2, 0.25) is 0 Å². The third-order valence-corrected chi connectivity index (χ3v) is 22.1. The van der Waals surface area contributed by atoms with E-state index in [1.54, 1.807) is 0 Å².